The van der Waals surface area contributed by atoms with Gasteiger partial charge in [0.05, 0.1) is 0 Å². The van der Waals surface area contributed by atoms with Gasteiger partial charge >= 0.3 is 0 Å². The molecular weight excluding hydrogens is 182 g/mol. The normalized spacial score (nSPS) is 20.3. The van der Waals surface area contributed by atoms with E-state index in [1.54, 1.807) is 0 Å². The molecule has 0 aromatic heterocycles. The van der Waals surface area contributed by atoms with Crippen LogP contribution in [0.4, 0.5) is 0 Å². The first kappa shape index (κ1) is 11.3. The predicted molar refractivity (Wildman–Crippen MR) is 59.3 cm³/mol. The Morgan fingerprint density at radius 3 is 2.46 bits per heavy atom. The molecule has 0 amide bonds. The number of hydrogen-bond donors (Lipinski definition) is 1. The molecule has 1 N–H and O–H groups in total. The fourth-order valence-electron chi connectivity index (χ4n) is 1.80. The third-order valence-electron chi connectivity index (χ3n) is 3.12. The maximum Gasteiger partial charge on any atom is 0.0238 e. The third kappa shape index (κ3) is 3.86. The quantitative estimate of drug-likeness (QED) is 0.655. The lowest BCUT2D eigenvalue weighted by Crippen LogP contribution is -2.39. The van der Waals surface area contributed by atoms with Gasteiger partial charge < -0.3 is 5.32 Å². The average Bonchev–Trinajstić information content (AvgIpc) is 1.99. The maximum atomic E-state index is 5.76. The molecule has 0 bridgehead atoms. The van der Waals surface area contributed by atoms with Crippen molar-refractivity contribution in [2.75, 3.05) is 12.4 Å². The highest BCUT2D eigenvalue weighted by Crippen LogP contribution is 2.25. The molecule has 1 aliphatic carbocycles. The lowest BCUT2D eigenvalue weighted by Gasteiger charge is -2.29. The minimum absolute atomic E-state index is 0.623. The van der Waals surface area contributed by atoms with Crippen molar-refractivity contribution < 1.29 is 0 Å². The summed E-state index contributed by atoms with van der Waals surface area (Å²) in [5.41, 5.74) is 0. The summed E-state index contributed by atoms with van der Waals surface area (Å²) < 4.78 is 0. The summed E-state index contributed by atoms with van der Waals surface area (Å²) in [7, 11) is 0. The molecular formula is C11H22ClN. The van der Waals surface area contributed by atoms with Crippen molar-refractivity contribution in [1.82, 2.24) is 5.32 Å². The Bertz CT molecular complexity index is 132. The lowest BCUT2D eigenvalue weighted by atomic mass is 9.85. The molecule has 0 aromatic carbocycles. The van der Waals surface area contributed by atoms with Crippen LogP contribution in [0, 0.1) is 11.8 Å². The Hall–Kier alpha value is 0.250. The van der Waals surface area contributed by atoms with Crippen LogP contribution in [0.3, 0.4) is 0 Å². The SMILES string of the molecule is CC(C)C(CCCl)NCC1CCC1. The van der Waals surface area contributed by atoms with Crippen LogP contribution in [-0.4, -0.2) is 18.5 Å². The second kappa shape index (κ2) is 5.87. The van der Waals surface area contributed by atoms with E-state index in [1.165, 1.54) is 25.8 Å². The van der Waals surface area contributed by atoms with Gasteiger partial charge in [-0.3, -0.25) is 0 Å². The zero-order valence-electron chi connectivity index (χ0n) is 8.85. The fourth-order valence-corrected chi connectivity index (χ4v) is 2.04. The van der Waals surface area contributed by atoms with E-state index in [-0.39, 0.29) is 0 Å². The Kier molecular flexibility index (Phi) is 5.12. The Labute approximate surface area is 87.2 Å². The number of hydrogen-bond acceptors (Lipinski definition) is 1. The number of rotatable bonds is 6. The zero-order chi connectivity index (χ0) is 9.68. The molecule has 78 valence electrons. The van der Waals surface area contributed by atoms with Gasteiger partial charge in [0.1, 0.15) is 0 Å². The van der Waals surface area contributed by atoms with Crippen LogP contribution >= 0.6 is 11.6 Å². The molecule has 1 unspecified atom stereocenters. The molecule has 1 aliphatic rings. The molecule has 1 rings (SSSR count). The van der Waals surface area contributed by atoms with Crippen LogP contribution in [0.5, 0.6) is 0 Å². The average molecular weight is 204 g/mol. The number of nitrogens with one attached hydrogen (secondary N) is 1. The van der Waals surface area contributed by atoms with Crippen molar-refractivity contribution in [1.29, 1.82) is 0 Å². The van der Waals surface area contributed by atoms with Crippen molar-refractivity contribution >= 4 is 11.6 Å². The standard InChI is InChI=1S/C11H22ClN/c1-9(2)11(6-7-12)13-8-10-4-3-5-10/h9-11,13H,3-8H2,1-2H3. The smallest absolute Gasteiger partial charge is 0.0238 e. The summed E-state index contributed by atoms with van der Waals surface area (Å²) in [6.45, 7) is 5.75. The van der Waals surface area contributed by atoms with Gasteiger partial charge in [-0.15, -0.1) is 11.6 Å². The molecule has 0 saturated heterocycles. The van der Waals surface area contributed by atoms with Crippen LogP contribution in [0.1, 0.15) is 39.5 Å². The molecule has 1 nitrogen and oxygen atoms in total. The minimum Gasteiger partial charge on any atom is -0.313 e. The van der Waals surface area contributed by atoms with E-state index in [0.717, 1.165) is 18.2 Å². The van der Waals surface area contributed by atoms with Gasteiger partial charge in [-0.2, -0.15) is 0 Å². The Balaban J connectivity index is 2.12. The monoisotopic (exact) mass is 203 g/mol. The van der Waals surface area contributed by atoms with Gasteiger partial charge in [-0.1, -0.05) is 20.3 Å². The maximum absolute atomic E-state index is 5.76. The molecule has 13 heavy (non-hydrogen) atoms. The highest BCUT2D eigenvalue weighted by molar-refractivity contribution is 6.17. The van der Waals surface area contributed by atoms with E-state index in [9.17, 15) is 0 Å². The molecule has 1 atom stereocenters. The molecule has 2 heteroatoms. The summed E-state index contributed by atoms with van der Waals surface area (Å²) in [5, 5.41) is 3.64. The molecule has 0 spiro atoms. The predicted octanol–water partition coefficient (Wildman–Crippen LogP) is 3.03. The van der Waals surface area contributed by atoms with Gasteiger partial charge in [-0.05, 0) is 37.6 Å². The summed E-state index contributed by atoms with van der Waals surface area (Å²) in [4.78, 5) is 0. The lowest BCUT2D eigenvalue weighted by molar-refractivity contribution is 0.270. The second-order valence-corrected chi connectivity index (χ2v) is 4.91. The van der Waals surface area contributed by atoms with Crippen molar-refractivity contribution in [2.24, 2.45) is 11.8 Å². The zero-order valence-corrected chi connectivity index (χ0v) is 9.61. The number of halogens is 1. The molecule has 0 aromatic rings. The van der Waals surface area contributed by atoms with Crippen molar-refractivity contribution in [3.8, 4) is 0 Å². The largest absolute Gasteiger partial charge is 0.313 e. The highest BCUT2D eigenvalue weighted by atomic mass is 35.5. The summed E-state index contributed by atoms with van der Waals surface area (Å²) in [6.07, 6.45) is 5.40. The second-order valence-electron chi connectivity index (χ2n) is 4.53. The van der Waals surface area contributed by atoms with E-state index in [0.29, 0.717) is 12.0 Å². The van der Waals surface area contributed by atoms with Crippen LogP contribution in [0.25, 0.3) is 0 Å². The molecule has 1 fully saturated rings. The van der Waals surface area contributed by atoms with Crippen LogP contribution < -0.4 is 5.32 Å². The van der Waals surface area contributed by atoms with E-state index in [1.807, 2.05) is 0 Å². The molecule has 1 saturated carbocycles. The molecule has 0 aliphatic heterocycles. The van der Waals surface area contributed by atoms with Crippen LogP contribution in [0.2, 0.25) is 0 Å². The van der Waals surface area contributed by atoms with Gasteiger partial charge in [0, 0.05) is 11.9 Å². The molecule has 0 radical (unpaired) electrons. The molecule has 0 heterocycles. The first-order valence-electron chi connectivity index (χ1n) is 5.53. The van der Waals surface area contributed by atoms with Gasteiger partial charge in [0.15, 0.2) is 0 Å². The first-order chi connectivity index (χ1) is 6.24. The third-order valence-corrected chi connectivity index (χ3v) is 3.34. The van der Waals surface area contributed by atoms with E-state index >= 15 is 0 Å². The van der Waals surface area contributed by atoms with Crippen LogP contribution in [0.15, 0.2) is 0 Å². The summed E-state index contributed by atoms with van der Waals surface area (Å²) >= 11 is 5.76. The summed E-state index contributed by atoms with van der Waals surface area (Å²) in [6, 6.07) is 0.623. The minimum atomic E-state index is 0.623. The van der Waals surface area contributed by atoms with E-state index < -0.39 is 0 Å². The van der Waals surface area contributed by atoms with Gasteiger partial charge in [0.2, 0.25) is 0 Å². The van der Waals surface area contributed by atoms with Crippen molar-refractivity contribution in [3.63, 3.8) is 0 Å². The van der Waals surface area contributed by atoms with Crippen LogP contribution in [-0.2, 0) is 0 Å². The van der Waals surface area contributed by atoms with E-state index in [2.05, 4.69) is 19.2 Å². The Morgan fingerprint density at radius 1 is 1.38 bits per heavy atom. The summed E-state index contributed by atoms with van der Waals surface area (Å²) in [5.74, 6) is 2.44. The van der Waals surface area contributed by atoms with Gasteiger partial charge in [0.25, 0.3) is 0 Å². The first-order valence-corrected chi connectivity index (χ1v) is 6.07. The topological polar surface area (TPSA) is 12.0 Å². The van der Waals surface area contributed by atoms with E-state index in [4.69, 9.17) is 11.6 Å². The van der Waals surface area contributed by atoms with Crippen molar-refractivity contribution in [2.45, 2.75) is 45.6 Å². The van der Waals surface area contributed by atoms with Gasteiger partial charge in [-0.25, -0.2) is 0 Å². The highest BCUT2D eigenvalue weighted by Gasteiger charge is 2.19. The Morgan fingerprint density at radius 2 is 2.08 bits per heavy atom. The fraction of sp³-hybridized carbons (Fsp3) is 1.00. The number of alkyl halides is 1. The van der Waals surface area contributed by atoms with Crippen molar-refractivity contribution in [3.05, 3.63) is 0 Å².